The number of aryl methyl sites for hydroxylation is 1. The molecule has 0 N–H and O–H groups in total. The third-order valence-electron chi connectivity index (χ3n) is 9.48. The van der Waals surface area contributed by atoms with Gasteiger partial charge in [0.05, 0.1) is 0 Å². The number of anilines is 9. The van der Waals surface area contributed by atoms with Crippen LogP contribution >= 0.6 is 0 Å². The van der Waals surface area contributed by atoms with E-state index in [1.165, 1.54) is 50.4 Å². The minimum absolute atomic E-state index is 0.0880. The van der Waals surface area contributed by atoms with Gasteiger partial charge >= 0.3 is 0 Å². The number of hydrogen-bond donors (Lipinski definition) is 0. The Morgan fingerprint density at radius 1 is 0.404 bits per heavy atom. The SMILES string of the molecule is Cc1ccc(N2c3ccccc3B3c4ccc(N(c5ccccc5)c5ccccc5)cc4N(c4ccccc4)c4cccc2c43)cc1. The molecule has 2 aliphatic rings. The van der Waals surface area contributed by atoms with Crippen molar-refractivity contribution in [2.75, 3.05) is 14.7 Å². The monoisotopic (exact) mass is 601 g/mol. The molecule has 0 spiro atoms. The molecule has 0 aromatic heterocycles. The summed E-state index contributed by atoms with van der Waals surface area (Å²) in [6.45, 7) is 2.23. The molecular formula is C43H32BN3. The van der Waals surface area contributed by atoms with Gasteiger partial charge < -0.3 is 14.7 Å². The van der Waals surface area contributed by atoms with Crippen molar-refractivity contribution in [3.05, 3.63) is 181 Å². The molecule has 3 nitrogen and oxygen atoms in total. The van der Waals surface area contributed by atoms with Crippen molar-refractivity contribution in [1.29, 1.82) is 0 Å². The standard InChI is InChI=1S/C43H32BN3/c1-31-24-26-35(27-25-31)46-39-21-12-11-20-37(39)44-38-29-28-36(45(32-14-5-2-6-15-32)33-16-7-3-8-17-33)30-42(38)47(34-18-9-4-10-19-34)41-23-13-22-40(46)43(41)44/h2-30H,1H3. The Morgan fingerprint density at radius 3 is 1.57 bits per heavy atom. The topological polar surface area (TPSA) is 9.72 Å². The highest BCUT2D eigenvalue weighted by Crippen LogP contribution is 2.45. The summed E-state index contributed by atoms with van der Waals surface area (Å²) in [4.78, 5) is 7.26. The number of hydrogen-bond acceptors (Lipinski definition) is 3. The molecule has 7 aromatic carbocycles. The van der Waals surface area contributed by atoms with Crippen LogP contribution in [0.1, 0.15) is 5.56 Å². The molecule has 0 amide bonds. The molecule has 2 heterocycles. The summed E-state index contributed by atoms with van der Waals surface area (Å²) in [5, 5.41) is 0. The molecule has 0 fully saturated rings. The van der Waals surface area contributed by atoms with E-state index in [2.05, 4.69) is 198 Å². The maximum absolute atomic E-state index is 2.46. The van der Waals surface area contributed by atoms with Crippen LogP contribution in [-0.4, -0.2) is 6.71 Å². The van der Waals surface area contributed by atoms with Crippen molar-refractivity contribution in [3.8, 4) is 0 Å². The Bertz CT molecular complexity index is 2180. The van der Waals surface area contributed by atoms with Crippen LogP contribution < -0.4 is 31.1 Å². The van der Waals surface area contributed by atoms with Gasteiger partial charge in [-0.25, -0.2) is 0 Å². The number of benzene rings is 7. The van der Waals surface area contributed by atoms with Crippen molar-refractivity contribution in [2.24, 2.45) is 0 Å². The van der Waals surface area contributed by atoms with Gasteiger partial charge in [0, 0.05) is 51.2 Å². The van der Waals surface area contributed by atoms with Gasteiger partial charge in [-0.15, -0.1) is 0 Å². The van der Waals surface area contributed by atoms with E-state index in [1.807, 2.05) is 0 Å². The molecule has 0 saturated heterocycles. The van der Waals surface area contributed by atoms with Crippen LogP contribution in [0.5, 0.6) is 0 Å². The Kier molecular flexibility index (Phi) is 6.46. The summed E-state index contributed by atoms with van der Waals surface area (Å²) in [6.07, 6.45) is 0. The quantitative estimate of drug-likeness (QED) is 0.182. The van der Waals surface area contributed by atoms with Crippen LogP contribution in [-0.2, 0) is 0 Å². The van der Waals surface area contributed by atoms with Gasteiger partial charge in [-0.05, 0) is 102 Å². The molecular weight excluding hydrogens is 569 g/mol. The van der Waals surface area contributed by atoms with Gasteiger partial charge in [-0.2, -0.15) is 0 Å². The highest BCUT2D eigenvalue weighted by atomic mass is 15.2. The molecule has 222 valence electrons. The second-order valence-corrected chi connectivity index (χ2v) is 12.3. The molecule has 0 bridgehead atoms. The van der Waals surface area contributed by atoms with Crippen LogP contribution in [0.2, 0.25) is 0 Å². The smallest absolute Gasteiger partial charge is 0.252 e. The van der Waals surface area contributed by atoms with E-state index in [1.54, 1.807) is 0 Å². The molecule has 0 saturated carbocycles. The van der Waals surface area contributed by atoms with Gasteiger partial charge in [0.2, 0.25) is 0 Å². The number of rotatable bonds is 5. The third kappa shape index (κ3) is 4.45. The lowest BCUT2D eigenvalue weighted by Gasteiger charge is -2.44. The summed E-state index contributed by atoms with van der Waals surface area (Å²) in [5.41, 5.74) is 15.7. The van der Waals surface area contributed by atoms with E-state index >= 15 is 0 Å². The zero-order valence-electron chi connectivity index (χ0n) is 26.2. The van der Waals surface area contributed by atoms with Crippen LogP contribution in [0.15, 0.2) is 176 Å². The van der Waals surface area contributed by atoms with E-state index < -0.39 is 0 Å². The number of para-hydroxylation sites is 4. The van der Waals surface area contributed by atoms with Crippen molar-refractivity contribution in [2.45, 2.75) is 6.92 Å². The average Bonchev–Trinajstić information content (AvgIpc) is 3.13. The van der Waals surface area contributed by atoms with Crippen molar-refractivity contribution < 1.29 is 0 Å². The molecule has 0 unspecified atom stereocenters. The summed E-state index contributed by atoms with van der Waals surface area (Å²) in [7, 11) is 0. The molecule has 47 heavy (non-hydrogen) atoms. The van der Waals surface area contributed by atoms with E-state index in [-0.39, 0.29) is 6.71 Å². The zero-order valence-corrected chi connectivity index (χ0v) is 26.2. The van der Waals surface area contributed by atoms with Crippen LogP contribution in [0, 0.1) is 6.92 Å². The highest BCUT2D eigenvalue weighted by molar-refractivity contribution is 7.00. The van der Waals surface area contributed by atoms with Crippen molar-refractivity contribution in [1.82, 2.24) is 0 Å². The predicted octanol–water partition coefficient (Wildman–Crippen LogP) is 9.55. The highest BCUT2D eigenvalue weighted by Gasteiger charge is 2.43. The van der Waals surface area contributed by atoms with E-state index in [0.717, 1.165) is 22.7 Å². The number of fused-ring (bicyclic) bond motifs is 4. The summed E-state index contributed by atoms with van der Waals surface area (Å²) < 4.78 is 0. The zero-order chi connectivity index (χ0) is 31.3. The van der Waals surface area contributed by atoms with Gasteiger partial charge in [-0.3, -0.25) is 0 Å². The van der Waals surface area contributed by atoms with Crippen LogP contribution in [0.25, 0.3) is 0 Å². The normalized spacial score (nSPS) is 12.7. The Hall–Kier alpha value is -6.00. The first-order chi connectivity index (χ1) is 23.3. The maximum atomic E-state index is 2.46. The minimum Gasteiger partial charge on any atom is -0.311 e. The first kappa shape index (κ1) is 27.3. The minimum atomic E-state index is 0.0880. The van der Waals surface area contributed by atoms with Gasteiger partial charge in [0.25, 0.3) is 6.71 Å². The first-order valence-electron chi connectivity index (χ1n) is 16.2. The van der Waals surface area contributed by atoms with Gasteiger partial charge in [0.1, 0.15) is 0 Å². The fourth-order valence-corrected chi connectivity index (χ4v) is 7.44. The molecule has 0 atom stereocenters. The van der Waals surface area contributed by atoms with Crippen LogP contribution in [0.3, 0.4) is 0 Å². The Labute approximate surface area is 276 Å². The van der Waals surface area contributed by atoms with Crippen molar-refractivity contribution >= 4 is 74.3 Å². The fourth-order valence-electron chi connectivity index (χ4n) is 7.44. The average molecular weight is 602 g/mol. The summed E-state index contributed by atoms with van der Waals surface area (Å²) in [5.74, 6) is 0. The lowest BCUT2D eigenvalue weighted by atomic mass is 9.33. The molecule has 0 aliphatic carbocycles. The molecule has 2 aliphatic heterocycles. The van der Waals surface area contributed by atoms with E-state index in [0.29, 0.717) is 0 Å². The second-order valence-electron chi connectivity index (χ2n) is 12.3. The lowest BCUT2D eigenvalue weighted by molar-refractivity contribution is 1.24. The van der Waals surface area contributed by atoms with Crippen LogP contribution in [0.4, 0.5) is 51.2 Å². The van der Waals surface area contributed by atoms with Gasteiger partial charge in [-0.1, -0.05) is 103 Å². The summed E-state index contributed by atoms with van der Waals surface area (Å²) in [6, 6.07) is 63.8. The fraction of sp³-hybridized carbons (Fsp3) is 0.0233. The lowest BCUT2D eigenvalue weighted by Crippen LogP contribution is -2.61. The molecule has 4 heteroatoms. The van der Waals surface area contributed by atoms with E-state index in [9.17, 15) is 0 Å². The van der Waals surface area contributed by atoms with Gasteiger partial charge in [0.15, 0.2) is 0 Å². The second kappa shape index (κ2) is 11.1. The molecule has 7 aromatic rings. The first-order valence-corrected chi connectivity index (χ1v) is 16.2. The van der Waals surface area contributed by atoms with Crippen molar-refractivity contribution in [3.63, 3.8) is 0 Å². The third-order valence-corrected chi connectivity index (χ3v) is 9.48. The molecule has 0 radical (unpaired) electrons. The Balaban J connectivity index is 1.31. The largest absolute Gasteiger partial charge is 0.311 e. The Morgan fingerprint density at radius 2 is 0.915 bits per heavy atom. The number of nitrogens with zero attached hydrogens (tertiary/aromatic N) is 3. The predicted molar refractivity (Wildman–Crippen MR) is 200 cm³/mol. The maximum Gasteiger partial charge on any atom is 0.252 e. The van der Waals surface area contributed by atoms with E-state index in [4.69, 9.17) is 0 Å². The molecule has 9 rings (SSSR count). The summed E-state index contributed by atoms with van der Waals surface area (Å²) >= 11 is 0.